The summed E-state index contributed by atoms with van der Waals surface area (Å²) in [5, 5.41) is 0. The van der Waals surface area contributed by atoms with Crippen LogP contribution in [0.1, 0.15) is 37.6 Å². The highest BCUT2D eigenvalue weighted by Crippen LogP contribution is 2.17. The second-order valence-corrected chi connectivity index (χ2v) is 5.81. The summed E-state index contributed by atoms with van der Waals surface area (Å²) >= 11 is 0. The number of halogens is 1. The third kappa shape index (κ3) is 3.36. The van der Waals surface area contributed by atoms with E-state index < -0.39 is 20.7 Å². The molecule has 4 nitrogen and oxygen atoms in total. The lowest BCUT2D eigenvalue weighted by molar-refractivity contribution is 0.101. The molecule has 0 fully saturated rings. The fourth-order valence-corrected chi connectivity index (χ4v) is 2.77. The molecule has 1 aromatic carbocycles. The Kier molecular flexibility index (Phi) is 4.59. The van der Waals surface area contributed by atoms with Crippen molar-refractivity contribution in [3.8, 4) is 0 Å². The van der Waals surface area contributed by atoms with Gasteiger partial charge in [-0.15, -0.1) is 0 Å². The maximum Gasteiger partial charge on any atom is 0.243 e. The van der Waals surface area contributed by atoms with Crippen molar-refractivity contribution in [2.75, 3.05) is 0 Å². The Labute approximate surface area is 106 Å². The fraction of sp³-hybridized carbons (Fsp3) is 0.417. The highest BCUT2D eigenvalue weighted by atomic mass is 32.2. The number of rotatable bonds is 5. The first-order chi connectivity index (χ1) is 8.27. The lowest BCUT2D eigenvalue weighted by Crippen LogP contribution is -2.32. The molecule has 0 aliphatic rings. The second-order valence-electron chi connectivity index (χ2n) is 4.13. The largest absolute Gasteiger partial charge is 0.295 e. The topological polar surface area (TPSA) is 63.2 Å². The number of hydrogen-bond acceptors (Lipinski definition) is 3. The number of Topliss-reactive ketones (excluding diaryl/α,β-unsaturated/α-hetero) is 1. The molecule has 1 unspecified atom stereocenters. The molecule has 1 atom stereocenters. The van der Waals surface area contributed by atoms with Crippen LogP contribution < -0.4 is 4.72 Å². The summed E-state index contributed by atoms with van der Waals surface area (Å²) in [6.45, 7) is 4.80. The maximum absolute atomic E-state index is 13.6. The van der Waals surface area contributed by atoms with Crippen LogP contribution in [0.5, 0.6) is 0 Å². The third-order valence-electron chi connectivity index (χ3n) is 2.60. The minimum atomic E-state index is -3.94. The highest BCUT2D eigenvalue weighted by molar-refractivity contribution is 7.89. The molecule has 0 saturated heterocycles. The van der Waals surface area contributed by atoms with Gasteiger partial charge in [-0.1, -0.05) is 6.92 Å². The number of carbonyl (C=O) groups excluding carboxylic acids is 1. The van der Waals surface area contributed by atoms with E-state index in [1.54, 1.807) is 6.92 Å². The van der Waals surface area contributed by atoms with Crippen LogP contribution in [0.4, 0.5) is 4.39 Å². The summed E-state index contributed by atoms with van der Waals surface area (Å²) in [4.78, 5) is 10.7. The van der Waals surface area contributed by atoms with Crippen molar-refractivity contribution in [2.45, 2.75) is 38.1 Å². The molecule has 6 heteroatoms. The molecule has 0 bridgehead atoms. The van der Waals surface area contributed by atoms with E-state index in [1.165, 1.54) is 13.0 Å². The molecule has 0 aliphatic carbocycles. The molecule has 0 aliphatic heterocycles. The van der Waals surface area contributed by atoms with Gasteiger partial charge in [0, 0.05) is 11.6 Å². The van der Waals surface area contributed by atoms with E-state index in [0.717, 1.165) is 12.1 Å². The van der Waals surface area contributed by atoms with E-state index in [4.69, 9.17) is 0 Å². The number of carbonyl (C=O) groups is 1. The van der Waals surface area contributed by atoms with Gasteiger partial charge in [0.1, 0.15) is 10.7 Å². The van der Waals surface area contributed by atoms with Crippen LogP contribution in [0.25, 0.3) is 0 Å². The van der Waals surface area contributed by atoms with Crippen molar-refractivity contribution in [1.82, 2.24) is 4.72 Å². The standard InChI is InChI=1S/C12H16FNO3S/c1-4-8(2)14-18(16,17)12-7-10(9(3)15)5-6-11(12)13/h5-8,14H,4H2,1-3H3. The van der Waals surface area contributed by atoms with Crippen LogP contribution in [-0.2, 0) is 10.0 Å². The van der Waals surface area contributed by atoms with Gasteiger partial charge in [0.15, 0.2) is 5.78 Å². The van der Waals surface area contributed by atoms with E-state index >= 15 is 0 Å². The summed E-state index contributed by atoms with van der Waals surface area (Å²) in [7, 11) is -3.94. The highest BCUT2D eigenvalue weighted by Gasteiger charge is 2.21. The zero-order valence-corrected chi connectivity index (χ0v) is 11.3. The molecule has 1 N–H and O–H groups in total. The van der Waals surface area contributed by atoms with E-state index in [-0.39, 0.29) is 17.4 Å². The van der Waals surface area contributed by atoms with Gasteiger partial charge in [-0.3, -0.25) is 4.79 Å². The lowest BCUT2D eigenvalue weighted by atomic mass is 10.1. The van der Waals surface area contributed by atoms with Crippen LogP contribution in [0.3, 0.4) is 0 Å². The normalized spacial score (nSPS) is 13.3. The van der Waals surface area contributed by atoms with Crippen molar-refractivity contribution in [3.63, 3.8) is 0 Å². The number of ketones is 1. The van der Waals surface area contributed by atoms with E-state index in [9.17, 15) is 17.6 Å². The minimum Gasteiger partial charge on any atom is -0.295 e. The van der Waals surface area contributed by atoms with Gasteiger partial charge in [-0.2, -0.15) is 0 Å². The molecule has 100 valence electrons. The molecule has 0 aromatic heterocycles. The summed E-state index contributed by atoms with van der Waals surface area (Å²) < 4.78 is 39.8. The Hall–Kier alpha value is -1.27. The van der Waals surface area contributed by atoms with Crippen molar-refractivity contribution < 1.29 is 17.6 Å². The molecule has 0 spiro atoms. The first-order valence-corrected chi connectivity index (χ1v) is 7.09. The SMILES string of the molecule is CCC(C)NS(=O)(=O)c1cc(C(C)=O)ccc1F. The van der Waals surface area contributed by atoms with E-state index in [2.05, 4.69) is 4.72 Å². The number of hydrogen-bond donors (Lipinski definition) is 1. The Morgan fingerprint density at radius 1 is 1.44 bits per heavy atom. The first-order valence-electron chi connectivity index (χ1n) is 5.60. The second kappa shape index (κ2) is 5.58. The van der Waals surface area contributed by atoms with Gasteiger partial charge < -0.3 is 0 Å². The van der Waals surface area contributed by atoms with Crippen molar-refractivity contribution in [1.29, 1.82) is 0 Å². The molecule has 18 heavy (non-hydrogen) atoms. The summed E-state index contributed by atoms with van der Waals surface area (Å²) in [6, 6.07) is 3.01. The molecule has 1 rings (SSSR count). The predicted octanol–water partition coefficient (Wildman–Crippen LogP) is 2.11. The van der Waals surface area contributed by atoms with Crippen molar-refractivity contribution >= 4 is 15.8 Å². The Bertz CT molecular complexity index is 554. The van der Waals surface area contributed by atoms with Gasteiger partial charge >= 0.3 is 0 Å². The quantitative estimate of drug-likeness (QED) is 0.836. The van der Waals surface area contributed by atoms with Crippen molar-refractivity contribution in [3.05, 3.63) is 29.6 Å². The summed E-state index contributed by atoms with van der Waals surface area (Å²) in [5.41, 5.74) is 0.168. The van der Waals surface area contributed by atoms with Crippen molar-refractivity contribution in [2.24, 2.45) is 0 Å². The van der Waals surface area contributed by atoms with Gasteiger partial charge in [0.25, 0.3) is 0 Å². The fourth-order valence-electron chi connectivity index (χ4n) is 1.34. The number of benzene rings is 1. The molecular formula is C12H16FNO3S. The van der Waals surface area contributed by atoms with Crippen LogP contribution in [-0.4, -0.2) is 20.2 Å². The zero-order chi connectivity index (χ0) is 13.9. The smallest absolute Gasteiger partial charge is 0.243 e. The average molecular weight is 273 g/mol. The van der Waals surface area contributed by atoms with E-state index in [1.807, 2.05) is 6.92 Å². The van der Waals surface area contributed by atoms with Gasteiger partial charge in [-0.25, -0.2) is 17.5 Å². The maximum atomic E-state index is 13.6. The summed E-state index contributed by atoms with van der Waals surface area (Å²) in [6.07, 6.45) is 0.591. The monoisotopic (exact) mass is 273 g/mol. The van der Waals surface area contributed by atoms with Crippen LogP contribution >= 0.6 is 0 Å². The number of nitrogens with one attached hydrogen (secondary N) is 1. The number of sulfonamides is 1. The van der Waals surface area contributed by atoms with Crippen LogP contribution in [0, 0.1) is 5.82 Å². The molecular weight excluding hydrogens is 257 g/mol. The Morgan fingerprint density at radius 2 is 2.06 bits per heavy atom. The van der Waals surface area contributed by atoms with Gasteiger partial charge in [-0.05, 0) is 38.5 Å². The molecule has 0 heterocycles. The third-order valence-corrected chi connectivity index (χ3v) is 4.20. The van der Waals surface area contributed by atoms with Gasteiger partial charge in [0.05, 0.1) is 0 Å². The Balaban J connectivity index is 3.23. The van der Waals surface area contributed by atoms with Crippen LogP contribution in [0.15, 0.2) is 23.1 Å². The molecule has 0 radical (unpaired) electrons. The van der Waals surface area contributed by atoms with Gasteiger partial charge in [0.2, 0.25) is 10.0 Å². The van der Waals surface area contributed by atoms with Crippen LogP contribution in [0.2, 0.25) is 0 Å². The molecule has 0 saturated carbocycles. The molecule has 0 amide bonds. The summed E-state index contributed by atoms with van der Waals surface area (Å²) in [5.74, 6) is -1.18. The predicted molar refractivity (Wildman–Crippen MR) is 66.5 cm³/mol. The molecule has 1 aromatic rings. The minimum absolute atomic E-state index is 0.168. The average Bonchev–Trinajstić information content (AvgIpc) is 2.28. The first kappa shape index (κ1) is 14.8. The Morgan fingerprint density at radius 3 is 2.56 bits per heavy atom. The van der Waals surface area contributed by atoms with E-state index in [0.29, 0.717) is 6.42 Å². The lowest BCUT2D eigenvalue weighted by Gasteiger charge is -2.13. The zero-order valence-electron chi connectivity index (χ0n) is 10.5.